The van der Waals surface area contributed by atoms with E-state index in [-0.39, 0.29) is 24.4 Å². The fourth-order valence-corrected chi connectivity index (χ4v) is 4.04. The van der Waals surface area contributed by atoms with E-state index in [0.29, 0.717) is 19.6 Å². The molecule has 0 saturated carbocycles. The molecule has 0 bridgehead atoms. The van der Waals surface area contributed by atoms with Gasteiger partial charge in [0.2, 0.25) is 0 Å². The first-order chi connectivity index (χ1) is 14.5. The van der Waals surface area contributed by atoms with Crippen LogP contribution in [0.1, 0.15) is 23.5 Å². The van der Waals surface area contributed by atoms with Crippen LogP contribution >= 0.6 is 0 Å². The van der Waals surface area contributed by atoms with E-state index < -0.39 is 6.09 Å². The third-order valence-corrected chi connectivity index (χ3v) is 5.69. The van der Waals surface area contributed by atoms with Gasteiger partial charge in [0.05, 0.1) is 19.8 Å². The highest BCUT2D eigenvalue weighted by molar-refractivity contribution is 5.84. The van der Waals surface area contributed by atoms with E-state index in [1.807, 2.05) is 36.4 Å². The molecule has 1 amide bonds. The summed E-state index contributed by atoms with van der Waals surface area (Å²) in [5.74, 6) is 0.477. The molecule has 5 nitrogen and oxygen atoms in total. The molecule has 6 heteroatoms. The molecule has 3 aromatic rings. The number of hydrogen-bond acceptors (Lipinski definition) is 4. The minimum atomic E-state index is -1.20. The monoisotopic (exact) mass is 408 g/mol. The highest BCUT2D eigenvalue weighted by Crippen LogP contribution is 2.31. The van der Waals surface area contributed by atoms with Crippen molar-refractivity contribution in [2.24, 2.45) is 0 Å². The van der Waals surface area contributed by atoms with E-state index in [1.54, 1.807) is 19.2 Å². The van der Waals surface area contributed by atoms with E-state index in [2.05, 4.69) is 0 Å². The van der Waals surface area contributed by atoms with Gasteiger partial charge in [-0.3, -0.25) is 0 Å². The first-order valence-electron chi connectivity index (χ1n) is 9.93. The van der Waals surface area contributed by atoms with Crippen molar-refractivity contribution in [3.05, 3.63) is 77.6 Å². The van der Waals surface area contributed by atoms with Crippen LogP contribution in [-0.2, 0) is 11.3 Å². The second kappa shape index (κ2) is 8.71. The summed E-state index contributed by atoms with van der Waals surface area (Å²) in [5.41, 5.74) is 1.93. The Morgan fingerprint density at radius 2 is 1.87 bits per heavy atom. The number of benzene rings is 3. The summed E-state index contributed by atoms with van der Waals surface area (Å²) in [5, 5.41) is 13.5. The molecule has 1 aliphatic heterocycles. The summed E-state index contributed by atoms with van der Waals surface area (Å²) in [6.45, 7) is 0.947. The van der Waals surface area contributed by atoms with Crippen LogP contribution in [0.25, 0.3) is 10.8 Å². The second-order valence-electron chi connectivity index (χ2n) is 7.56. The number of hydrogen-bond donors (Lipinski definition) is 0. The standard InChI is InChI=1S/C24H24FNO4/c1-29-21-9-6-17-3-2-16(12-19(17)13-21)15-30-23-14-26(24(27)28)11-10-22(23)18-4-7-20(25)8-5-18/h2-9,12-13,22-23H,10-11,14-15H2,1H3,(H,27,28)/p-1. The highest BCUT2D eigenvalue weighted by atomic mass is 19.1. The maximum absolute atomic E-state index is 13.3. The lowest BCUT2D eigenvalue weighted by Gasteiger charge is -2.40. The molecular weight excluding hydrogens is 385 g/mol. The predicted octanol–water partition coefficient (Wildman–Crippen LogP) is 3.71. The lowest BCUT2D eigenvalue weighted by atomic mass is 9.87. The highest BCUT2D eigenvalue weighted by Gasteiger charge is 2.31. The Kier molecular flexibility index (Phi) is 5.86. The Morgan fingerprint density at radius 1 is 1.10 bits per heavy atom. The normalized spacial score (nSPS) is 19.1. The van der Waals surface area contributed by atoms with Crippen molar-refractivity contribution >= 4 is 16.9 Å². The Labute approximate surface area is 174 Å². The number of carbonyl (C=O) groups is 1. The zero-order valence-corrected chi connectivity index (χ0v) is 16.7. The molecule has 1 heterocycles. The van der Waals surface area contributed by atoms with E-state index in [0.717, 1.165) is 27.6 Å². The van der Waals surface area contributed by atoms with Crippen molar-refractivity contribution in [3.63, 3.8) is 0 Å². The molecule has 0 aliphatic carbocycles. The summed E-state index contributed by atoms with van der Waals surface area (Å²) in [4.78, 5) is 12.6. The number of carbonyl (C=O) groups excluding carboxylic acids is 1. The number of halogens is 1. The number of piperidine rings is 1. The number of likely N-dealkylation sites (tertiary alicyclic amines) is 1. The first kappa shape index (κ1) is 20.2. The Hall–Kier alpha value is -3.12. The SMILES string of the molecule is COc1ccc2ccc(COC3CN(C(=O)[O-])CCC3c3ccc(F)cc3)cc2c1. The van der Waals surface area contributed by atoms with Crippen LogP contribution < -0.4 is 9.84 Å². The molecule has 30 heavy (non-hydrogen) atoms. The van der Waals surface area contributed by atoms with Gasteiger partial charge in [0.15, 0.2) is 0 Å². The Morgan fingerprint density at radius 3 is 2.60 bits per heavy atom. The third kappa shape index (κ3) is 4.39. The van der Waals surface area contributed by atoms with Crippen molar-refractivity contribution in [1.82, 2.24) is 4.90 Å². The van der Waals surface area contributed by atoms with Gasteiger partial charge in [-0.15, -0.1) is 0 Å². The number of nitrogens with zero attached hydrogens (tertiary/aromatic N) is 1. The van der Waals surface area contributed by atoms with E-state index >= 15 is 0 Å². The van der Waals surface area contributed by atoms with Gasteiger partial charge >= 0.3 is 0 Å². The van der Waals surface area contributed by atoms with Gasteiger partial charge in [-0.25, -0.2) is 4.39 Å². The largest absolute Gasteiger partial charge is 0.530 e. The van der Waals surface area contributed by atoms with Crippen LogP contribution in [0, 0.1) is 5.82 Å². The first-order valence-corrected chi connectivity index (χ1v) is 9.93. The zero-order valence-electron chi connectivity index (χ0n) is 16.7. The van der Waals surface area contributed by atoms with Crippen molar-refractivity contribution in [2.45, 2.75) is 25.0 Å². The van der Waals surface area contributed by atoms with Crippen molar-refractivity contribution in [3.8, 4) is 5.75 Å². The summed E-state index contributed by atoms with van der Waals surface area (Å²) >= 11 is 0. The minimum absolute atomic E-state index is 0.0123. The number of methoxy groups -OCH3 is 1. The van der Waals surface area contributed by atoms with Crippen LogP contribution in [-0.4, -0.2) is 37.3 Å². The van der Waals surface area contributed by atoms with E-state index in [1.165, 1.54) is 17.0 Å². The Bertz CT molecular complexity index is 1040. The Balaban J connectivity index is 1.53. The average Bonchev–Trinajstić information content (AvgIpc) is 2.77. The molecule has 1 saturated heterocycles. The number of ether oxygens (including phenoxy) is 2. The number of carboxylic acid groups (broad SMARTS) is 1. The molecule has 0 radical (unpaired) electrons. The summed E-state index contributed by atoms with van der Waals surface area (Å²) in [6, 6.07) is 18.3. The molecule has 3 aromatic carbocycles. The number of amides is 1. The van der Waals surface area contributed by atoms with Crippen LogP contribution in [0.15, 0.2) is 60.7 Å². The molecule has 0 spiro atoms. The average molecular weight is 408 g/mol. The van der Waals surface area contributed by atoms with Gasteiger partial charge < -0.3 is 24.3 Å². The van der Waals surface area contributed by atoms with Gasteiger partial charge in [-0.05, 0) is 58.7 Å². The zero-order chi connectivity index (χ0) is 21.1. The molecular formula is C24H23FNO4-. The molecule has 0 N–H and O–H groups in total. The topological polar surface area (TPSA) is 61.8 Å². The third-order valence-electron chi connectivity index (χ3n) is 5.69. The molecule has 156 valence electrons. The molecule has 0 aromatic heterocycles. The number of fused-ring (bicyclic) bond motifs is 1. The minimum Gasteiger partial charge on any atom is -0.530 e. The van der Waals surface area contributed by atoms with Crippen LogP contribution in [0.4, 0.5) is 9.18 Å². The van der Waals surface area contributed by atoms with Crippen LogP contribution in [0.5, 0.6) is 5.75 Å². The van der Waals surface area contributed by atoms with Gasteiger partial charge in [0.25, 0.3) is 0 Å². The second-order valence-corrected chi connectivity index (χ2v) is 7.56. The molecule has 1 fully saturated rings. The van der Waals surface area contributed by atoms with Crippen molar-refractivity contribution in [2.75, 3.05) is 20.2 Å². The van der Waals surface area contributed by atoms with Crippen molar-refractivity contribution < 1.29 is 23.8 Å². The van der Waals surface area contributed by atoms with Gasteiger partial charge in [-0.2, -0.15) is 0 Å². The summed E-state index contributed by atoms with van der Waals surface area (Å²) < 4.78 is 24.8. The lowest BCUT2D eigenvalue weighted by molar-refractivity contribution is -0.268. The molecule has 1 aliphatic rings. The van der Waals surface area contributed by atoms with E-state index in [9.17, 15) is 14.3 Å². The fraction of sp³-hybridized carbons (Fsp3) is 0.292. The molecule has 2 unspecified atom stereocenters. The number of rotatable bonds is 5. The van der Waals surface area contributed by atoms with Crippen molar-refractivity contribution in [1.29, 1.82) is 0 Å². The summed E-state index contributed by atoms with van der Waals surface area (Å²) in [7, 11) is 1.63. The maximum Gasteiger partial charge on any atom is 0.137 e. The predicted molar refractivity (Wildman–Crippen MR) is 110 cm³/mol. The van der Waals surface area contributed by atoms with E-state index in [4.69, 9.17) is 9.47 Å². The molecule has 4 rings (SSSR count). The van der Waals surface area contributed by atoms with Gasteiger partial charge in [0.1, 0.15) is 17.7 Å². The van der Waals surface area contributed by atoms with Gasteiger partial charge in [0, 0.05) is 19.0 Å². The maximum atomic E-state index is 13.3. The molecule has 2 atom stereocenters. The lowest BCUT2D eigenvalue weighted by Crippen LogP contribution is -2.51. The quantitative estimate of drug-likeness (QED) is 0.646. The van der Waals surface area contributed by atoms with Crippen LogP contribution in [0.3, 0.4) is 0 Å². The fourth-order valence-electron chi connectivity index (χ4n) is 4.04. The summed E-state index contributed by atoms with van der Waals surface area (Å²) in [6.07, 6.45) is -0.943. The van der Waals surface area contributed by atoms with Gasteiger partial charge in [-0.1, -0.05) is 30.3 Å². The van der Waals surface area contributed by atoms with Crippen LogP contribution in [0.2, 0.25) is 0 Å². The smallest absolute Gasteiger partial charge is 0.137 e.